The van der Waals surface area contributed by atoms with Gasteiger partial charge in [0, 0.05) is 24.6 Å². The first-order valence-electron chi connectivity index (χ1n) is 10.3. The molecule has 2 aromatic carbocycles. The Hall–Kier alpha value is -2.78. The molecule has 6 nitrogen and oxygen atoms in total. The molecule has 2 aliphatic rings. The molecule has 2 saturated heterocycles. The van der Waals surface area contributed by atoms with Crippen molar-refractivity contribution in [1.29, 1.82) is 0 Å². The van der Waals surface area contributed by atoms with Crippen LogP contribution in [0.3, 0.4) is 0 Å². The van der Waals surface area contributed by atoms with E-state index < -0.39 is 13.0 Å². The molecule has 0 bridgehead atoms. The summed E-state index contributed by atoms with van der Waals surface area (Å²) in [6, 6.07) is 14.7. The molecule has 2 unspecified atom stereocenters. The molecular weight excluding hydrogens is 427 g/mol. The van der Waals surface area contributed by atoms with Crippen LogP contribution in [-0.2, 0) is 15.1 Å². The first-order valence-corrected chi connectivity index (χ1v) is 10.3. The van der Waals surface area contributed by atoms with Crippen molar-refractivity contribution in [2.45, 2.75) is 18.4 Å². The van der Waals surface area contributed by atoms with Gasteiger partial charge in [0.25, 0.3) is 5.91 Å². The van der Waals surface area contributed by atoms with Crippen molar-refractivity contribution < 1.29 is 36.9 Å². The first-order chi connectivity index (χ1) is 15.3. The van der Waals surface area contributed by atoms with E-state index in [9.17, 15) is 18.0 Å². The fraction of sp³-hybridized carbons (Fsp3) is 0.435. The monoisotopic (exact) mass is 451 g/mol. The molecule has 0 aliphatic carbocycles. The van der Waals surface area contributed by atoms with Crippen LogP contribution in [0.25, 0.3) is 0 Å². The maximum Gasteiger partial charge on any atom is 0.522 e. The summed E-state index contributed by atoms with van der Waals surface area (Å²) in [4.78, 5) is 14.9. The number of hydrogen-bond acceptors (Lipinski definition) is 5. The van der Waals surface area contributed by atoms with Crippen LogP contribution in [0.15, 0.2) is 48.5 Å². The summed E-state index contributed by atoms with van der Waals surface area (Å²) in [6.45, 7) is 0.795. The smallest absolute Gasteiger partial charge is 0.493 e. The maximum atomic E-state index is 13.1. The number of likely N-dealkylation sites (tertiary alicyclic amines) is 1. The number of carbonyl (C=O) groups excluding carboxylic acids is 1. The normalized spacial score (nSPS) is 22.6. The van der Waals surface area contributed by atoms with Crippen molar-refractivity contribution in [2.75, 3.05) is 40.0 Å². The SMILES string of the molecule is COc1cc(C(=O)N2CCC3(c4ccccc4)OCC3C2)ccc1OCCOC(F)(F)F. The Labute approximate surface area is 183 Å². The van der Waals surface area contributed by atoms with Gasteiger partial charge in [-0.1, -0.05) is 30.3 Å². The lowest BCUT2D eigenvalue weighted by atomic mass is 9.72. The molecule has 4 rings (SSSR count). The number of amides is 1. The first kappa shape index (κ1) is 22.4. The Bertz CT molecular complexity index is 952. The highest BCUT2D eigenvalue weighted by molar-refractivity contribution is 5.95. The van der Waals surface area contributed by atoms with E-state index in [-0.39, 0.29) is 35.5 Å². The second-order valence-corrected chi connectivity index (χ2v) is 7.77. The minimum absolute atomic E-state index is 0.135. The van der Waals surface area contributed by atoms with Crippen LogP contribution in [-0.4, -0.2) is 57.2 Å². The Balaban J connectivity index is 1.39. The van der Waals surface area contributed by atoms with Gasteiger partial charge in [-0.3, -0.25) is 9.53 Å². The van der Waals surface area contributed by atoms with Crippen molar-refractivity contribution in [3.63, 3.8) is 0 Å². The van der Waals surface area contributed by atoms with Gasteiger partial charge in [-0.05, 0) is 30.2 Å². The van der Waals surface area contributed by atoms with Gasteiger partial charge in [-0.2, -0.15) is 0 Å². The van der Waals surface area contributed by atoms with Crippen molar-refractivity contribution in [3.05, 3.63) is 59.7 Å². The van der Waals surface area contributed by atoms with Crippen LogP contribution in [0.2, 0.25) is 0 Å². The molecule has 0 aromatic heterocycles. The van der Waals surface area contributed by atoms with Gasteiger partial charge in [-0.25, -0.2) is 0 Å². The average Bonchev–Trinajstić information content (AvgIpc) is 2.77. The lowest BCUT2D eigenvalue weighted by Crippen LogP contribution is -2.61. The van der Waals surface area contributed by atoms with E-state index in [0.29, 0.717) is 31.7 Å². The quantitative estimate of drug-likeness (QED) is 0.596. The predicted molar refractivity (Wildman–Crippen MR) is 109 cm³/mol. The molecule has 2 heterocycles. The van der Waals surface area contributed by atoms with Crippen LogP contribution in [0.4, 0.5) is 13.2 Å². The zero-order valence-corrected chi connectivity index (χ0v) is 17.6. The Morgan fingerprint density at radius 3 is 2.56 bits per heavy atom. The topological polar surface area (TPSA) is 57.2 Å². The molecule has 2 aliphatic heterocycles. The largest absolute Gasteiger partial charge is 0.522 e. The Morgan fingerprint density at radius 2 is 1.94 bits per heavy atom. The van der Waals surface area contributed by atoms with Crippen LogP contribution in [0.1, 0.15) is 22.3 Å². The fourth-order valence-electron chi connectivity index (χ4n) is 4.32. The van der Waals surface area contributed by atoms with Crippen LogP contribution < -0.4 is 9.47 Å². The van der Waals surface area contributed by atoms with Gasteiger partial charge in [-0.15, -0.1) is 13.2 Å². The van der Waals surface area contributed by atoms with Crippen molar-refractivity contribution in [3.8, 4) is 11.5 Å². The molecule has 0 radical (unpaired) electrons. The number of alkyl halides is 3. The number of fused-ring (bicyclic) bond motifs is 1. The molecule has 0 N–H and O–H groups in total. The number of carbonyl (C=O) groups is 1. The zero-order chi connectivity index (χ0) is 22.8. The third-order valence-corrected chi connectivity index (χ3v) is 5.96. The summed E-state index contributed by atoms with van der Waals surface area (Å²) in [5.74, 6) is 0.596. The summed E-state index contributed by atoms with van der Waals surface area (Å²) < 4.78 is 56.5. The standard InChI is InChI=1S/C23H24F3NO5/c1-29-20-13-16(7-8-19(20)30-11-12-31-23(24,25)26)21(28)27-10-9-22(18(14-27)15-32-22)17-5-3-2-4-6-17/h2-8,13,18H,9-12,14-15H2,1H3. The fourth-order valence-corrected chi connectivity index (χ4v) is 4.32. The van der Waals surface area contributed by atoms with E-state index >= 15 is 0 Å². The minimum atomic E-state index is -4.71. The minimum Gasteiger partial charge on any atom is -0.493 e. The van der Waals surface area contributed by atoms with Gasteiger partial charge < -0.3 is 19.1 Å². The third-order valence-electron chi connectivity index (χ3n) is 5.96. The maximum absolute atomic E-state index is 13.1. The second kappa shape index (κ2) is 8.99. The molecule has 2 atom stereocenters. The molecule has 2 aromatic rings. The highest BCUT2D eigenvalue weighted by Crippen LogP contribution is 2.48. The lowest BCUT2D eigenvalue weighted by Gasteiger charge is -2.55. The number of piperidine rings is 1. The highest BCUT2D eigenvalue weighted by atomic mass is 19.4. The van der Waals surface area contributed by atoms with Crippen LogP contribution >= 0.6 is 0 Å². The number of nitrogens with zero attached hydrogens (tertiary/aromatic N) is 1. The van der Waals surface area contributed by atoms with E-state index in [1.807, 2.05) is 18.2 Å². The molecule has 2 fully saturated rings. The number of halogens is 3. The molecular formula is C23H24F3NO5. The molecule has 0 saturated carbocycles. The zero-order valence-electron chi connectivity index (χ0n) is 17.6. The number of rotatable bonds is 7. The van der Waals surface area contributed by atoms with Gasteiger partial charge in [0.1, 0.15) is 12.2 Å². The number of benzene rings is 2. The van der Waals surface area contributed by atoms with Crippen LogP contribution in [0.5, 0.6) is 11.5 Å². The Morgan fingerprint density at radius 1 is 1.16 bits per heavy atom. The number of hydrogen-bond donors (Lipinski definition) is 0. The van der Waals surface area contributed by atoms with E-state index in [1.54, 1.807) is 17.0 Å². The summed E-state index contributed by atoms with van der Waals surface area (Å²) in [5.41, 5.74) is 1.24. The summed E-state index contributed by atoms with van der Waals surface area (Å²) in [5, 5.41) is 0. The van der Waals surface area contributed by atoms with Gasteiger partial charge in [0.15, 0.2) is 11.5 Å². The summed E-state index contributed by atoms with van der Waals surface area (Å²) in [7, 11) is 1.41. The van der Waals surface area contributed by atoms with Crippen molar-refractivity contribution in [2.24, 2.45) is 5.92 Å². The van der Waals surface area contributed by atoms with Gasteiger partial charge >= 0.3 is 6.36 Å². The van der Waals surface area contributed by atoms with Crippen LogP contribution in [0, 0.1) is 5.92 Å². The molecule has 0 spiro atoms. The molecule has 172 valence electrons. The van der Waals surface area contributed by atoms with E-state index in [2.05, 4.69) is 16.9 Å². The lowest BCUT2D eigenvalue weighted by molar-refractivity contribution is -0.325. The molecule has 32 heavy (non-hydrogen) atoms. The van der Waals surface area contributed by atoms with E-state index in [4.69, 9.17) is 14.2 Å². The molecule has 9 heteroatoms. The average molecular weight is 451 g/mol. The summed E-state index contributed by atoms with van der Waals surface area (Å²) in [6.07, 6.45) is -3.99. The Kier molecular flexibility index (Phi) is 6.30. The number of methoxy groups -OCH3 is 1. The van der Waals surface area contributed by atoms with Gasteiger partial charge in [0.05, 0.1) is 20.3 Å². The van der Waals surface area contributed by atoms with E-state index in [1.165, 1.54) is 13.2 Å². The third kappa shape index (κ3) is 4.54. The van der Waals surface area contributed by atoms with Crippen molar-refractivity contribution >= 4 is 5.91 Å². The predicted octanol–water partition coefficient (Wildman–Crippen LogP) is 4.00. The van der Waals surface area contributed by atoms with Gasteiger partial charge in [0.2, 0.25) is 0 Å². The second-order valence-electron chi connectivity index (χ2n) is 7.77. The molecule has 1 amide bonds. The number of ether oxygens (including phenoxy) is 4. The summed E-state index contributed by atoms with van der Waals surface area (Å²) >= 11 is 0. The van der Waals surface area contributed by atoms with Crippen molar-refractivity contribution in [1.82, 2.24) is 4.90 Å². The highest BCUT2D eigenvalue weighted by Gasteiger charge is 2.53. The van der Waals surface area contributed by atoms with E-state index in [0.717, 1.165) is 5.56 Å².